The predicted octanol–water partition coefficient (Wildman–Crippen LogP) is 3.23. The Morgan fingerprint density at radius 1 is 1.29 bits per heavy atom. The summed E-state index contributed by atoms with van der Waals surface area (Å²) in [6.07, 6.45) is 1.70. The zero-order valence-electron chi connectivity index (χ0n) is 10.3. The molecular formula is C13H17BrO3. The quantitative estimate of drug-likeness (QED) is 0.928. The van der Waals surface area contributed by atoms with E-state index in [-0.39, 0.29) is 6.10 Å². The van der Waals surface area contributed by atoms with Crippen molar-refractivity contribution < 1.29 is 14.6 Å². The lowest BCUT2D eigenvalue weighted by atomic mass is 10.1. The molecule has 0 aliphatic heterocycles. The molecule has 0 atom stereocenters. The van der Waals surface area contributed by atoms with Crippen molar-refractivity contribution in [3.05, 3.63) is 22.2 Å². The van der Waals surface area contributed by atoms with Gasteiger partial charge in [0.2, 0.25) is 0 Å². The summed E-state index contributed by atoms with van der Waals surface area (Å²) in [4.78, 5) is 0. The minimum atomic E-state index is -0.678. The van der Waals surface area contributed by atoms with Crippen molar-refractivity contribution >= 4 is 15.9 Å². The van der Waals surface area contributed by atoms with E-state index in [1.165, 1.54) is 0 Å². The van der Waals surface area contributed by atoms with Crippen molar-refractivity contribution in [3.63, 3.8) is 0 Å². The molecule has 3 nitrogen and oxygen atoms in total. The zero-order chi connectivity index (χ0) is 12.6. The Morgan fingerprint density at radius 3 is 2.41 bits per heavy atom. The van der Waals surface area contributed by atoms with E-state index in [0.717, 1.165) is 22.9 Å². The van der Waals surface area contributed by atoms with Crippen LogP contribution in [0.15, 0.2) is 16.6 Å². The number of hydrogen-bond acceptors (Lipinski definition) is 3. The van der Waals surface area contributed by atoms with E-state index < -0.39 is 5.60 Å². The maximum absolute atomic E-state index is 10.1. The summed E-state index contributed by atoms with van der Waals surface area (Å²) in [7, 11) is 1.61. The number of hydrogen-bond donors (Lipinski definition) is 1. The second-order valence-corrected chi connectivity index (χ2v) is 5.54. The minimum Gasteiger partial charge on any atom is -0.493 e. The van der Waals surface area contributed by atoms with E-state index in [2.05, 4.69) is 15.9 Å². The van der Waals surface area contributed by atoms with Gasteiger partial charge in [0.15, 0.2) is 11.5 Å². The standard InChI is InChI=1S/C13H17BrO3/c1-8(2)17-12-7-10(14)9(6-11(12)16-3)13(15)4-5-13/h6-8,15H,4-5H2,1-3H3. The van der Waals surface area contributed by atoms with Crippen LogP contribution < -0.4 is 9.47 Å². The number of ether oxygens (including phenoxy) is 2. The molecule has 0 radical (unpaired) electrons. The highest BCUT2D eigenvalue weighted by molar-refractivity contribution is 9.10. The monoisotopic (exact) mass is 300 g/mol. The highest BCUT2D eigenvalue weighted by atomic mass is 79.9. The Hall–Kier alpha value is -0.740. The molecule has 0 heterocycles. The van der Waals surface area contributed by atoms with Gasteiger partial charge in [-0.2, -0.15) is 0 Å². The average Bonchev–Trinajstić information content (AvgIpc) is 2.96. The van der Waals surface area contributed by atoms with Crippen molar-refractivity contribution in [1.29, 1.82) is 0 Å². The molecule has 1 fully saturated rings. The molecule has 2 rings (SSSR count). The lowest BCUT2D eigenvalue weighted by Gasteiger charge is -2.18. The molecule has 1 saturated carbocycles. The van der Waals surface area contributed by atoms with Crippen LogP contribution in [0.25, 0.3) is 0 Å². The Balaban J connectivity index is 2.39. The van der Waals surface area contributed by atoms with Crippen LogP contribution in [0.2, 0.25) is 0 Å². The molecule has 1 N–H and O–H groups in total. The number of benzene rings is 1. The highest BCUT2D eigenvalue weighted by Crippen LogP contribution is 2.50. The van der Waals surface area contributed by atoms with Gasteiger partial charge < -0.3 is 14.6 Å². The van der Waals surface area contributed by atoms with Crippen molar-refractivity contribution in [3.8, 4) is 11.5 Å². The first-order chi connectivity index (χ1) is 7.96. The van der Waals surface area contributed by atoms with Crippen LogP contribution >= 0.6 is 15.9 Å². The van der Waals surface area contributed by atoms with Crippen LogP contribution in [0.1, 0.15) is 32.3 Å². The lowest BCUT2D eigenvalue weighted by Crippen LogP contribution is -2.09. The third-order valence-corrected chi connectivity index (χ3v) is 3.50. The van der Waals surface area contributed by atoms with Crippen LogP contribution in [0.3, 0.4) is 0 Å². The van der Waals surface area contributed by atoms with E-state index in [1.807, 2.05) is 26.0 Å². The minimum absolute atomic E-state index is 0.0886. The lowest BCUT2D eigenvalue weighted by molar-refractivity contribution is 0.150. The topological polar surface area (TPSA) is 38.7 Å². The van der Waals surface area contributed by atoms with Crippen LogP contribution in [0.4, 0.5) is 0 Å². The predicted molar refractivity (Wildman–Crippen MR) is 69.6 cm³/mol. The molecule has 1 aliphatic rings. The summed E-state index contributed by atoms with van der Waals surface area (Å²) >= 11 is 3.48. The summed E-state index contributed by atoms with van der Waals surface area (Å²) in [5.41, 5.74) is 0.202. The molecular weight excluding hydrogens is 284 g/mol. The molecule has 0 amide bonds. The van der Waals surface area contributed by atoms with Gasteiger partial charge in [0.05, 0.1) is 18.8 Å². The third-order valence-electron chi connectivity index (χ3n) is 2.84. The van der Waals surface area contributed by atoms with Gasteiger partial charge in [0.25, 0.3) is 0 Å². The van der Waals surface area contributed by atoms with Crippen LogP contribution in [-0.2, 0) is 5.60 Å². The van der Waals surface area contributed by atoms with Crippen molar-refractivity contribution in [2.45, 2.75) is 38.4 Å². The Bertz CT molecular complexity index is 425. The molecule has 17 heavy (non-hydrogen) atoms. The molecule has 0 spiro atoms. The van der Waals surface area contributed by atoms with Crippen LogP contribution in [0, 0.1) is 0 Å². The second-order valence-electron chi connectivity index (χ2n) is 4.68. The smallest absolute Gasteiger partial charge is 0.162 e. The summed E-state index contributed by atoms with van der Waals surface area (Å²) < 4.78 is 11.8. The normalized spacial score (nSPS) is 17.1. The van der Waals surface area contributed by atoms with E-state index in [4.69, 9.17) is 9.47 Å². The zero-order valence-corrected chi connectivity index (χ0v) is 11.9. The van der Waals surface area contributed by atoms with Gasteiger partial charge in [0, 0.05) is 10.0 Å². The summed E-state index contributed by atoms with van der Waals surface area (Å²) in [5.74, 6) is 1.36. The first-order valence-electron chi connectivity index (χ1n) is 5.73. The molecule has 4 heteroatoms. The summed E-state index contributed by atoms with van der Waals surface area (Å²) in [5, 5.41) is 10.1. The van der Waals surface area contributed by atoms with E-state index >= 15 is 0 Å². The third kappa shape index (κ3) is 2.58. The first kappa shape index (κ1) is 12.7. The van der Waals surface area contributed by atoms with E-state index in [0.29, 0.717) is 11.5 Å². The first-order valence-corrected chi connectivity index (χ1v) is 6.52. The van der Waals surface area contributed by atoms with Crippen LogP contribution in [-0.4, -0.2) is 18.3 Å². The van der Waals surface area contributed by atoms with Gasteiger partial charge in [-0.05, 0) is 38.8 Å². The molecule has 1 aromatic rings. The Kier molecular flexibility index (Phi) is 3.36. The molecule has 0 bridgehead atoms. The van der Waals surface area contributed by atoms with Crippen LogP contribution in [0.5, 0.6) is 11.5 Å². The SMILES string of the molecule is COc1cc(C2(O)CC2)c(Br)cc1OC(C)C. The number of aliphatic hydroxyl groups is 1. The van der Waals surface area contributed by atoms with Crippen molar-refractivity contribution in [1.82, 2.24) is 0 Å². The van der Waals surface area contributed by atoms with Gasteiger partial charge in [-0.1, -0.05) is 15.9 Å². The highest BCUT2D eigenvalue weighted by Gasteiger charge is 2.44. The van der Waals surface area contributed by atoms with Crippen molar-refractivity contribution in [2.24, 2.45) is 0 Å². The van der Waals surface area contributed by atoms with Crippen molar-refractivity contribution in [2.75, 3.05) is 7.11 Å². The number of methoxy groups -OCH3 is 1. The fourth-order valence-corrected chi connectivity index (χ4v) is 2.48. The number of rotatable bonds is 4. The summed E-state index contributed by atoms with van der Waals surface area (Å²) in [6, 6.07) is 3.72. The fraction of sp³-hybridized carbons (Fsp3) is 0.538. The van der Waals surface area contributed by atoms with E-state index in [1.54, 1.807) is 7.11 Å². The molecule has 1 aromatic carbocycles. The second kappa shape index (κ2) is 4.50. The average molecular weight is 301 g/mol. The largest absolute Gasteiger partial charge is 0.493 e. The number of halogens is 1. The van der Waals surface area contributed by atoms with Gasteiger partial charge in [-0.3, -0.25) is 0 Å². The maximum Gasteiger partial charge on any atom is 0.162 e. The molecule has 1 aliphatic carbocycles. The fourth-order valence-electron chi connectivity index (χ4n) is 1.79. The maximum atomic E-state index is 10.1. The van der Waals surface area contributed by atoms with E-state index in [9.17, 15) is 5.11 Å². The Labute approximate surface area is 110 Å². The summed E-state index contributed by atoms with van der Waals surface area (Å²) in [6.45, 7) is 3.94. The van der Waals surface area contributed by atoms with Gasteiger partial charge >= 0.3 is 0 Å². The molecule has 94 valence electrons. The molecule has 0 saturated heterocycles. The molecule has 0 unspecified atom stereocenters. The van der Waals surface area contributed by atoms with Gasteiger partial charge in [0.1, 0.15) is 0 Å². The van der Waals surface area contributed by atoms with Gasteiger partial charge in [-0.15, -0.1) is 0 Å². The Morgan fingerprint density at radius 2 is 1.94 bits per heavy atom. The van der Waals surface area contributed by atoms with Gasteiger partial charge in [-0.25, -0.2) is 0 Å². The molecule has 0 aromatic heterocycles.